The van der Waals surface area contributed by atoms with Crippen molar-refractivity contribution >= 4 is 33.1 Å². The number of halogens is 1. The highest BCUT2D eigenvalue weighted by atomic mass is 79.9. The minimum absolute atomic E-state index is 0.0828. The predicted octanol–water partition coefficient (Wildman–Crippen LogP) is 3.41. The number of rotatable bonds is 2. The molecule has 15 heavy (non-hydrogen) atoms. The molecule has 80 valence electrons. The van der Waals surface area contributed by atoms with E-state index in [2.05, 4.69) is 15.9 Å². The Labute approximate surface area is 98.8 Å². The minimum Gasteiger partial charge on any atom is -0.294 e. The third kappa shape index (κ3) is 2.75. The first kappa shape index (κ1) is 12.1. The lowest BCUT2D eigenvalue weighted by Crippen LogP contribution is -2.09. The van der Waals surface area contributed by atoms with Gasteiger partial charge in [0.25, 0.3) is 0 Å². The maximum Gasteiger partial charge on any atom is 0.215 e. The number of carbonyl (C=O) groups excluding carboxylic acids is 1. The van der Waals surface area contributed by atoms with Crippen molar-refractivity contribution in [2.45, 2.75) is 20.8 Å². The van der Waals surface area contributed by atoms with Crippen molar-refractivity contribution in [3.8, 4) is 0 Å². The van der Waals surface area contributed by atoms with Crippen LogP contribution in [0.4, 0.5) is 5.69 Å². The fourth-order valence-electron chi connectivity index (χ4n) is 1.32. The largest absolute Gasteiger partial charge is 0.294 e. The maximum atomic E-state index is 11.5. The summed E-state index contributed by atoms with van der Waals surface area (Å²) in [7, 11) is 1.96. The Morgan fingerprint density at radius 3 is 2.33 bits per heavy atom. The van der Waals surface area contributed by atoms with Crippen LogP contribution in [0.2, 0.25) is 0 Å². The van der Waals surface area contributed by atoms with Crippen LogP contribution in [0.1, 0.15) is 31.1 Å². The van der Waals surface area contributed by atoms with E-state index < -0.39 is 0 Å². The Kier molecular flexibility index (Phi) is 3.80. The second-order valence-corrected chi connectivity index (χ2v) is 4.64. The lowest BCUT2D eigenvalue weighted by Gasteiger charge is -2.04. The normalized spacial score (nSPS) is 9.93. The molecule has 0 saturated heterocycles. The van der Waals surface area contributed by atoms with Crippen LogP contribution in [0.5, 0.6) is 0 Å². The van der Waals surface area contributed by atoms with Crippen molar-refractivity contribution < 1.29 is 9.37 Å². The van der Waals surface area contributed by atoms with E-state index in [9.17, 15) is 4.79 Å². The second kappa shape index (κ2) is 4.71. The summed E-state index contributed by atoms with van der Waals surface area (Å²) >= 11 is 3.37. The summed E-state index contributed by atoms with van der Waals surface area (Å²) in [6.45, 7) is 5.63. The quantitative estimate of drug-likeness (QED) is 0.457. The second-order valence-electron chi connectivity index (χ2n) is 3.72. The van der Waals surface area contributed by atoms with Gasteiger partial charge in [-0.2, -0.15) is 0 Å². The summed E-state index contributed by atoms with van der Waals surface area (Å²) < 4.78 is 2.95. The van der Waals surface area contributed by atoms with Gasteiger partial charge in [-0.15, -0.1) is 0 Å². The molecular formula is C12H15BrNO+. The summed E-state index contributed by atoms with van der Waals surface area (Å²) in [4.78, 5) is 11.5. The summed E-state index contributed by atoms with van der Waals surface area (Å²) in [5.41, 5.74) is 2.85. The molecule has 0 aliphatic rings. The van der Waals surface area contributed by atoms with Crippen molar-refractivity contribution in [3.63, 3.8) is 0 Å². The molecule has 3 heteroatoms. The molecule has 1 aromatic carbocycles. The van der Waals surface area contributed by atoms with Crippen LogP contribution in [0.15, 0.2) is 22.7 Å². The fourth-order valence-corrected chi connectivity index (χ4v) is 1.68. The summed E-state index contributed by atoms with van der Waals surface area (Å²) in [5.74, 6) is 0.0828. The summed E-state index contributed by atoms with van der Waals surface area (Å²) in [6, 6.07) is 5.76. The SMILES string of the molecule is CC(=O)c1cc(Br)ccc1[N+](C)=C(C)C. The van der Waals surface area contributed by atoms with E-state index in [1.165, 1.54) is 0 Å². The van der Waals surface area contributed by atoms with Crippen molar-refractivity contribution in [2.24, 2.45) is 0 Å². The molecule has 1 rings (SSSR count). The number of hydrogen-bond donors (Lipinski definition) is 0. The minimum atomic E-state index is 0.0828. The molecule has 0 bridgehead atoms. The van der Waals surface area contributed by atoms with Gasteiger partial charge in [0, 0.05) is 24.4 Å². The monoisotopic (exact) mass is 268 g/mol. The van der Waals surface area contributed by atoms with Gasteiger partial charge in [0.1, 0.15) is 7.05 Å². The highest BCUT2D eigenvalue weighted by Crippen LogP contribution is 2.23. The van der Waals surface area contributed by atoms with E-state index in [4.69, 9.17) is 0 Å². The van der Waals surface area contributed by atoms with Crippen LogP contribution in [0.3, 0.4) is 0 Å². The fraction of sp³-hybridized carbons (Fsp3) is 0.333. The third-order valence-corrected chi connectivity index (χ3v) is 2.86. The lowest BCUT2D eigenvalue weighted by molar-refractivity contribution is -0.406. The van der Waals surface area contributed by atoms with Crippen LogP contribution >= 0.6 is 15.9 Å². The van der Waals surface area contributed by atoms with Crippen molar-refractivity contribution in [1.29, 1.82) is 0 Å². The molecular weight excluding hydrogens is 254 g/mol. The van der Waals surface area contributed by atoms with E-state index in [-0.39, 0.29) is 5.78 Å². The van der Waals surface area contributed by atoms with Crippen molar-refractivity contribution in [3.05, 3.63) is 28.2 Å². The molecule has 0 radical (unpaired) electrons. The number of nitrogens with zero attached hydrogens (tertiary/aromatic N) is 1. The van der Waals surface area contributed by atoms with E-state index in [0.717, 1.165) is 21.4 Å². The highest BCUT2D eigenvalue weighted by Gasteiger charge is 2.15. The Morgan fingerprint density at radius 2 is 1.87 bits per heavy atom. The zero-order valence-electron chi connectivity index (χ0n) is 9.47. The first-order valence-electron chi connectivity index (χ1n) is 4.78. The number of carbonyl (C=O) groups is 1. The van der Waals surface area contributed by atoms with Gasteiger partial charge in [-0.05, 0) is 19.1 Å². The van der Waals surface area contributed by atoms with Crippen LogP contribution in [0, 0.1) is 0 Å². The number of benzene rings is 1. The van der Waals surface area contributed by atoms with Crippen molar-refractivity contribution in [1.82, 2.24) is 0 Å². The van der Waals surface area contributed by atoms with Gasteiger partial charge in [-0.3, -0.25) is 4.79 Å². The van der Waals surface area contributed by atoms with Crippen LogP contribution in [-0.4, -0.2) is 23.1 Å². The van der Waals surface area contributed by atoms with E-state index in [1.54, 1.807) is 6.92 Å². The van der Waals surface area contributed by atoms with E-state index >= 15 is 0 Å². The molecule has 0 spiro atoms. The molecule has 0 aromatic heterocycles. The molecule has 0 saturated carbocycles. The molecule has 0 fully saturated rings. The van der Waals surface area contributed by atoms with Gasteiger partial charge in [0.2, 0.25) is 5.69 Å². The highest BCUT2D eigenvalue weighted by molar-refractivity contribution is 9.10. The first-order chi connectivity index (χ1) is 6.93. The standard InChI is InChI=1S/C12H15BrNO/c1-8(2)14(4)12-6-5-10(13)7-11(12)9(3)15/h5-7H,1-4H3/q+1. The topological polar surface area (TPSA) is 20.1 Å². The van der Waals surface area contributed by atoms with E-state index in [1.807, 2.05) is 43.7 Å². The average Bonchev–Trinajstić information content (AvgIpc) is 2.16. The number of Topliss-reactive ketones (excluding diaryl/α,β-unsaturated/α-hetero) is 1. The van der Waals surface area contributed by atoms with Gasteiger partial charge < -0.3 is 0 Å². The molecule has 0 unspecified atom stereocenters. The lowest BCUT2D eigenvalue weighted by atomic mass is 10.1. The molecule has 0 aliphatic heterocycles. The maximum absolute atomic E-state index is 11.5. The summed E-state index contributed by atoms with van der Waals surface area (Å²) in [6.07, 6.45) is 0. The first-order valence-corrected chi connectivity index (χ1v) is 5.57. The van der Waals surface area contributed by atoms with Crippen molar-refractivity contribution in [2.75, 3.05) is 7.05 Å². The van der Waals surface area contributed by atoms with Crippen LogP contribution in [-0.2, 0) is 0 Å². The Bertz CT molecular complexity index is 431. The molecule has 1 aromatic rings. The van der Waals surface area contributed by atoms with Gasteiger partial charge in [0.15, 0.2) is 11.5 Å². The average molecular weight is 269 g/mol. The van der Waals surface area contributed by atoms with Gasteiger partial charge >= 0.3 is 0 Å². The predicted molar refractivity (Wildman–Crippen MR) is 66.3 cm³/mol. The number of hydrogen-bond acceptors (Lipinski definition) is 1. The molecule has 0 heterocycles. The molecule has 0 N–H and O–H groups in total. The number of ketones is 1. The molecule has 0 atom stereocenters. The van der Waals surface area contributed by atoms with Gasteiger partial charge in [-0.25, -0.2) is 4.58 Å². The van der Waals surface area contributed by atoms with Crippen LogP contribution in [0.25, 0.3) is 0 Å². The van der Waals surface area contributed by atoms with E-state index in [0.29, 0.717) is 0 Å². The molecule has 2 nitrogen and oxygen atoms in total. The summed E-state index contributed by atoms with van der Waals surface area (Å²) in [5, 5.41) is 0. The Hall–Kier alpha value is -0.960. The Morgan fingerprint density at radius 1 is 1.27 bits per heavy atom. The van der Waals surface area contributed by atoms with Crippen LogP contribution < -0.4 is 0 Å². The molecule has 0 amide bonds. The zero-order chi connectivity index (χ0) is 11.6. The smallest absolute Gasteiger partial charge is 0.215 e. The Balaban J connectivity index is 3.43. The van der Waals surface area contributed by atoms with Gasteiger partial charge in [-0.1, -0.05) is 15.9 Å². The molecule has 0 aliphatic carbocycles. The van der Waals surface area contributed by atoms with Gasteiger partial charge in [0.05, 0.1) is 5.56 Å². The zero-order valence-corrected chi connectivity index (χ0v) is 11.1. The third-order valence-electron chi connectivity index (χ3n) is 2.37.